The summed E-state index contributed by atoms with van der Waals surface area (Å²) in [5.41, 5.74) is 6.25. The highest BCUT2D eigenvalue weighted by Gasteiger charge is 2.32. The van der Waals surface area contributed by atoms with Gasteiger partial charge in [-0.2, -0.15) is 0 Å². The number of carboxylic acid groups (broad SMARTS) is 2. The predicted octanol–water partition coefficient (Wildman–Crippen LogP) is -0.615. The van der Waals surface area contributed by atoms with Crippen LogP contribution in [0.3, 0.4) is 0 Å². The first-order chi connectivity index (χ1) is 16.3. The molecule has 0 saturated carbocycles. The lowest BCUT2D eigenvalue weighted by molar-refractivity contribution is -0.142. The summed E-state index contributed by atoms with van der Waals surface area (Å²) < 4.78 is 0. The van der Waals surface area contributed by atoms with Gasteiger partial charge in [0.15, 0.2) is 0 Å². The van der Waals surface area contributed by atoms with Crippen molar-refractivity contribution < 1.29 is 34.2 Å². The second-order valence-corrected chi connectivity index (χ2v) is 9.14. The Morgan fingerprint density at radius 1 is 0.971 bits per heavy atom. The van der Waals surface area contributed by atoms with Gasteiger partial charge in [-0.05, 0) is 24.7 Å². The van der Waals surface area contributed by atoms with E-state index in [1.165, 1.54) is 12.5 Å². The molecule has 3 amide bonds. The SMILES string of the molecule is CC(C)CC(NC(=O)C(NC(=O)C(N)CCC(=O)O)C(C)C)C(=O)NC(Cc1cnc[nH]1)C(=O)O. The topological polar surface area (TPSA) is 217 Å². The van der Waals surface area contributed by atoms with E-state index in [1.807, 2.05) is 13.8 Å². The quantitative estimate of drug-likeness (QED) is 0.164. The maximum Gasteiger partial charge on any atom is 0.326 e. The molecule has 4 unspecified atom stereocenters. The average molecular weight is 497 g/mol. The van der Waals surface area contributed by atoms with Gasteiger partial charge in [0.05, 0.1) is 12.4 Å². The Kier molecular flexibility index (Phi) is 11.9. The van der Waals surface area contributed by atoms with Crippen LogP contribution in [0.2, 0.25) is 0 Å². The third-order valence-corrected chi connectivity index (χ3v) is 5.19. The number of aromatic amines is 1. The number of H-pyrrole nitrogens is 1. The highest BCUT2D eigenvalue weighted by Crippen LogP contribution is 2.10. The van der Waals surface area contributed by atoms with E-state index in [2.05, 4.69) is 25.9 Å². The van der Waals surface area contributed by atoms with E-state index in [-0.39, 0.29) is 37.5 Å². The van der Waals surface area contributed by atoms with Gasteiger partial charge in [-0.1, -0.05) is 27.7 Å². The number of imidazole rings is 1. The van der Waals surface area contributed by atoms with Gasteiger partial charge in [-0.15, -0.1) is 0 Å². The Morgan fingerprint density at radius 2 is 1.60 bits per heavy atom. The van der Waals surface area contributed by atoms with Crippen molar-refractivity contribution in [1.29, 1.82) is 0 Å². The first kappa shape index (κ1) is 29.6. The molecule has 1 heterocycles. The maximum absolute atomic E-state index is 13.0. The number of nitrogens with two attached hydrogens (primary N) is 1. The molecule has 4 atom stereocenters. The first-order valence-electron chi connectivity index (χ1n) is 11.4. The molecule has 0 fully saturated rings. The van der Waals surface area contributed by atoms with Crippen molar-refractivity contribution >= 4 is 29.7 Å². The summed E-state index contributed by atoms with van der Waals surface area (Å²) >= 11 is 0. The molecule has 0 bridgehead atoms. The van der Waals surface area contributed by atoms with E-state index in [4.69, 9.17) is 10.8 Å². The molecule has 196 valence electrons. The molecule has 1 aromatic heterocycles. The molecule has 8 N–H and O–H groups in total. The molecule has 1 rings (SSSR count). The third-order valence-electron chi connectivity index (χ3n) is 5.19. The zero-order chi connectivity index (χ0) is 26.7. The summed E-state index contributed by atoms with van der Waals surface area (Å²) in [5, 5.41) is 25.9. The second kappa shape index (κ2) is 14.0. The highest BCUT2D eigenvalue weighted by molar-refractivity contribution is 5.94. The number of amides is 3. The smallest absolute Gasteiger partial charge is 0.326 e. The molecule has 0 radical (unpaired) electrons. The monoisotopic (exact) mass is 496 g/mol. The molecular weight excluding hydrogens is 460 g/mol. The Balaban J connectivity index is 2.92. The number of nitrogens with zero attached hydrogens (tertiary/aromatic N) is 1. The van der Waals surface area contributed by atoms with Gasteiger partial charge in [0, 0.05) is 24.7 Å². The Hall–Kier alpha value is -3.48. The van der Waals surface area contributed by atoms with Gasteiger partial charge in [0.2, 0.25) is 17.7 Å². The molecular formula is C22H36N6O7. The van der Waals surface area contributed by atoms with Crippen molar-refractivity contribution in [3.05, 3.63) is 18.2 Å². The van der Waals surface area contributed by atoms with Crippen molar-refractivity contribution in [2.75, 3.05) is 0 Å². The molecule has 0 spiro atoms. The second-order valence-electron chi connectivity index (χ2n) is 9.14. The maximum atomic E-state index is 13.0. The zero-order valence-corrected chi connectivity index (χ0v) is 20.4. The van der Waals surface area contributed by atoms with Crippen LogP contribution in [0.4, 0.5) is 0 Å². The first-order valence-corrected chi connectivity index (χ1v) is 11.4. The minimum atomic E-state index is -1.25. The standard InChI is InChI=1S/C22H36N6O7/c1-11(2)7-15(20(32)27-16(22(34)35)8-13-9-24-10-25-13)26-21(33)18(12(3)4)28-19(31)14(23)5-6-17(29)30/h9-12,14-16,18H,5-8,23H2,1-4H3,(H,24,25)(H,26,33)(H,27,32)(H,28,31)(H,29,30)(H,34,35). The lowest BCUT2D eigenvalue weighted by Gasteiger charge is -2.27. The molecule has 35 heavy (non-hydrogen) atoms. The van der Waals surface area contributed by atoms with Gasteiger partial charge in [0.25, 0.3) is 0 Å². The lowest BCUT2D eigenvalue weighted by atomic mass is 9.99. The van der Waals surface area contributed by atoms with E-state index in [0.717, 1.165) is 0 Å². The summed E-state index contributed by atoms with van der Waals surface area (Å²) in [7, 11) is 0. The minimum absolute atomic E-state index is 0.0153. The summed E-state index contributed by atoms with van der Waals surface area (Å²) in [6, 6.07) is -4.46. The van der Waals surface area contributed by atoms with Crippen LogP contribution < -0.4 is 21.7 Å². The minimum Gasteiger partial charge on any atom is -0.481 e. The highest BCUT2D eigenvalue weighted by atomic mass is 16.4. The van der Waals surface area contributed by atoms with Crippen molar-refractivity contribution in [3.8, 4) is 0 Å². The summed E-state index contributed by atoms with van der Waals surface area (Å²) in [5.74, 6) is -4.73. The molecule has 0 aromatic carbocycles. The number of carboxylic acids is 2. The van der Waals surface area contributed by atoms with Crippen molar-refractivity contribution in [2.24, 2.45) is 17.6 Å². The van der Waals surface area contributed by atoms with E-state index < -0.39 is 53.8 Å². The van der Waals surface area contributed by atoms with Crippen LogP contribution in [0.25, 0.3) is 0 Å². The van der Waals surface area contributed by atoms with Crippen LogP contribution in [0.15, 0.2) is 12.5 Å². The summed E-state index contributed by atoms with van der Waals surface area (Å²) in [4.78, 5) is 67.3. The Bertz CT molecular complexity index is 872. The van der Waals surface area contributed by atoms with Gasteiger partial charge >= 0.3 is 11.9 Å². The van der Waals surface area contributed by atoms with Gasteiger partial charge in [0.1, 0.15) is 18.1 Å². The number of aromatic nitrogens is 2. The molecule has 13 heteroatoms. The predicted molar refractivity (Wildman–Crippen MR) is 125 cm³/mol. The average Bonchev–Trinajstić information content (AvgIpc) is 3.26. The van der Waals surface area contributed by atoms with Crippen LogP contribution in [0.1, 0.15) is 52.7 Å². The molecule has 0 aliphatic heterocycles. The van der Waals surface area contributed by atoms with Crippen LogP contribution in [-0.2, 0) is 30.4 Å². The lowest BCUT2D eigenvalue weighted by Crippen LogP contribution is -2.58. The number of rotatable bonds is 15. The van der Waals surface area contributed by atoms with Gasteiger partial charge in [-0.3, -0.25) is 19.2 Å². The van der Waals surface area contributed by atoms with Gasteiger partial charge < -0.3 is 36.9 Å². The molecule has 0 saturated heterocycles. The zero-order valence-electron chi connectivity index (χ0n) is 20.4. The van der Waals surface area contributed by atoms with Crippen molar-refractivity contribution in [1.82, 2.24) is 25.9 Å². The van der Waals surface area contributed by atoms with Crippen LogP contribution in [0.5, 0.6) is 0 Å². The molecule has 13 nitrogen and oxygen atoms in total. The largest absolute Gasteiger partial charge is 0.481 e. The van der Waals surface area contributed by atoms with E-state index in [1.54, 1.807) is 13.8 Å². The number of aliphatic carboxylic acids is 2. The fourth-order valence-electron chi connectivity index (χ4n) is 3.26. The molecule has 0 aliphatic rings. The normalized spacial score (nSPS) is 14.6. The summed E-state index contributed by atoms with van der Waals surface area (Å²) in [6.45, 7) is 7.06. The van der Waals surface area contributed by atoms with Crippen LogP contribution >= 0.6 is 0 Å². The fourth-order valence-corrected chi connectivity index (χ4v) is 3.26. The molecule has 1 aromatic rings. The van der Waals surface area contributed by atoms with E-state index in [0.29, 0.717) is 5.69 Å². The van der Waals surface area contributed by atoms with E-state index in [9.17, 15) is 29.1 Å². The molecule has 0 aliphatic carbocycles. The number of hydrogen-bond donors (Lipinski definition) is 7. The van der Waals surface area contributed by atoms with E-state index >= 15 is 0 Å². The number of hydrogen-bond acceptors (Lipinski definition) is 7. The van der Waals surface area contributed by atoms with Crippen LogP contribution in [0, 0.1) is 11.8 Å². The van der Waals surface area contributed by atoms with Crippen molar-refractivity contribution in [3.63, 3.8) is 0 Å². The summed E-state index contributed by atoms with van der Waals surface area (Å²) in [6.07, 6.45) is 2.65. The number of carbonyl (C=O) groups excluding carboxylic acids is 3. The van der Waals surface area contributed by atoms with Gasteiger partial charge in [-0.25, -0.2) is 9.78 Å². The Morgan fingerprint density at radius 3 is 2.09 bits per heavy atom. The number of nitrogens with one attached hydrogen (secondary N) is 4. The third kappa shape index (κ3) is 10.5. The number of carbonyl (C=O) groups is 5. The van der Waals surface area contributed by atoms with Crippen molar-refractivity contribution in [2.45, 2.75) is 77.5 Å². The fraction of sp³-hybridized carbons (Fsp3) is 0.636. The Labute approximate surface area is 203 Å². The van der Waals surface area contributed by atoms with Crippen LogP contribution in [-0.4, -0.2) is 74.0 Å².